The Bertz CT molecular complexity index is 280. The molecule has 1 rings (SSSR count). The number of unbranched alkanes of at least 4 members (excludes halogenated alkanes) is 2. The fourth-order valence-corrected chi connectivity index (χ4v) is 1.52. The van der Waals surface area contributed by atoms with E-state index in [9.17, 15) is 4.79 Å². The molecular weight excluding hydrogens is 188 g/mol. The van der Waals surface area contributed by atoms with E-state index in [1.54, 1.807) is 0 Å². The van der Waals surface area contributed by atoms with Gasteiger partial charge in [0.05, 0.1) is 7.11 Å². The van der Waals surface area contributed by atoms with Crippen molar-refractivity contribution in [2.45, 2.75) is 32.1 Å². The fraction of sp³-hybridized carbons (Fsp3) is 0.462. The Hall–Kier alpha value is -1.31. The Kier molecular flexibility index (Phi) is 5.52. The van der Waals surface area contributed by atoms with E-state index in [0.717, 1.165) is 25.7 Å². The standard InChI is InChI=1S/C13H18O2/c1-15-13(14)11-7-3-6-10-12-8-4-2-5-9-12/h2,4-5,8-9H,3,6-7,10-11H2,1H3. The molecule has 1 aromatic rings. The number of esters is 1. The molecule has 0 amide bonds. The Labute approximate surface area is 91.3 Å². The molecule has 0 unspecified atom stereocenters. The topological polar surface area (TPSA) is 26.3 Å². The predicted octanol–water partition coefficient (Wildman–Crippen LogP) is 2.96. The number of aryl methyl sites for hydroxylation is 1. The SMILES string of the molecule is COC(=O)CCCCCc1ccccc1. The van der Waals surface area contributed by atoms with Crippen molar-refractivity contribution in [2.75, 3.05) is 7.11 Å². The first-order valence-corrected chi connectivity index (χ1v) is 5.43. The van der Waals surface area contributed by atoms with Gasteiger partial charge in [0.1, 0.15) is 0 Å². The summed E-state index contributed by atoms with van der Waals surface area (Å²) in [5.41, 5.74) is 1.37. The molecule has 0 aliphatic carbocycles. The second kappa shape index (κ2) is 7.04. The number of carbonyl (C=O) groups excluding carboxylic acids is 1. The molecule has 0 radical (unpaired) electrons. The number of hydrogen-bond acceptors (Lipinski definition) is 2. The van der Waals surface area contributed by atoms with E-state index in [-0.39, 0.29) is 5.97 Å². The zero-order valence-electron chi connectivity index (χ0n) is 9.24. The fourth-order valence-electron chi connectivity index (χ4n) is 1.52. The Balaban J connectivity index is 2.05. The molecule has 0 N–H and O–H groups in total. The lowest BCUT2D eigenvalue weighted by molar-refractivity contribution is -0.140. The molecule has 0 bridgehead atoms. The molecule has 82 valence electrons. The summed E-state index contributed by atoms with van der Waals surface area (Å²) in [5.74, 6) is -0.102. The Morgan fingerprint density at radius 3 is 2.53 bits per heavy atom. The van der Waals surface area contributed by atoms with Gasteiger partial charge in [-0.3, -0.25) is 4.79 Å². The van der Waals surface area contributed by atoms with Gasteiger partial charge < -0.3 is 4.74 Å². The molecule has 0 saturated carbocycles. The van der Waals surface area contributed by atoms with Gasteiger partial charge in [-0.25, -0.2) is 0 Å². The Morgan fingerprint density at radius 1 is 1.13 bits per heavy atom. The van der Waals surface area contributed by atoms with Gasteiger partial charge in [0.15, 0.2) is 0 Å². The van der Waals surface area contributed by atoms with Crippen LogP contribution in [0.1, 0.15) is 31.2 Å². The van der Waals surface area contributed by atoms with Gasteiger partial charge in [0.25, 0.3) is 0 Å². The van der Waals surface area contributed by atoms with Crippen molar-refractivity contribution in [1.82, 2.24) is 0 Å². The molecule has 2 heteroatoms. The molecule has 0 aliphatic rings. The summed E-state index contributed by atoms with van der Waals surface area (Å²) >= 11 is 0. The van der Waals surface area contributed by atoms with Gasteiger partial charge in [0, 0.05) is 6.42 Å². The van der Waals surface area contributed by atoms with Crippen LogP contribution in [0.25, 0.3) is 0 Å². The number of carbonyl (C=O) groups is 1. The van der Waals surface area contributed by atoms with Crippen LogP contribution >= 0.6 is 0 Å². The normalized spacial score (nSPS) is 9.93. The summed E-state index contributed by atoms with van der Waals surface area (Å²) in [6, 6.07) is 10.4. The number of rotatable bonds is 6. The van der Waals surface area contributed by atoms with Crippen molar-refractivity contribution in [3.8, 4) is 0 Å². The second-order valence-electron chi connectivity index (χ2n) is 3.62. The molecule has 0 fully saturated rings. The smallest absolute Gasteiger partial charge is 0.305 e. The molecule has 1 aromatic carbocycles. The van der Waals surface area contributed by atoms with Crippen LogP contribution in [-0.2, 0) is 16.0 Å². The van der Waals surface area contributed by atoms with Crippen molar-refractivity contribution < 1.29 is 9.53 Å². The average molecular weight is 206 g/mol. The van der Waals surface area contributed by atoms with Crippen LogP contribution < -0.4 is 0 Å². The predicted molar refractivity (Wildman–Crippen MR) is 60.6 cm³/mol. The highest BCUT2D eigenvalue weighted by Gasteiger charge is 1.99. The quantitative estimate of drug-likeness (QED) is 0.528. The minimum atomic E-state index is -0.102. The van der Waals surface area contributed by atoms with Gasteiger partial charge in [-0.05, 0) is 24.8 Å². The molecule has 0 heterocycles. The summed E-state index contributed by atoms with van der Waals surface area (Å²) in [4.78, 5) is 10.8. The molecule has 0 spiro atoms. The largest absolute Gasteiger partial charge is 0.469 e. The van der Waals surface area contributed by atoms with E-state index in [0.29, 0.717) is 6.42 Å². The second-order valence-corrected chi connectivity index (χ2v) is 3.62. The van der Waals surface area contributed by atoms with Crippen molar-refractivity contribution in [1.29, 1.82) is 0 Å². The minimum Gasteiger partial charge on any atom is -0.469 e. The third-order valence-corrected chi connectivity index (χ3v) is 2.42. The van der Waals surface area contributed by atoms with Crippen molar-refractivity contribution in [2.24, 2.45) is 0 Å². The number of ether oxygens (including phenoxy) is 1. The molecule has 0 saturated heterocycles. The van der Waals surface area contributed by atoms with Gasteiger partial charge in [0.2, 0.25) is 0 Å². The van der Waals surface area contributed by atoms with E-state index in [1.165, 1.54) is 12.7 Å². The van der Waals surface area contributed by atoms with E-state index in [4.69, 9.17) is 0 Å². The van der Waals surface area contributed by atoms with Crippen LogP contribution in [-0.4, -0.2) is 13.1 Å². The van der Waals surface area contributed by atoms with Crippen molar-refractivity contribution >= 4 is 5.97 Å². The highest BCUT2D eigenvalue weighted by molar-refractivity contribution is 5.68. The average Bonchev–Trinajstić information content (AvgIpc) is 2.29. The Morgan fingerprint density at radius 2 is 1.87 bits per heavy atom. The molecule has 15 heavy (non-hydrogen) atoms. The van der Waals surface area contributed by atoms with Crippen LogP contribution in [0.5, 0.6) is 0 Å². The van der Waals surface area contributed by atoms with E-state index in [2.05, 4.69) is 29.0 Å². The third kappa shape index (κ3) is 5.21. The maximum Gasteiger partial charge on any atom is 0.305 e. The first-order valence-electron chi connectivity index (χ1n) is 5.43. The lowest BCUT2D eigenvalue weighted by Crippen LogP contribution is -1.99. The minimum absolute atomic E-state index is 0.102. The van der Waals surface area contributed by atoms with Crippen LogP contribution in [0.3, 0.4) is 0 Å². The van der Waals surface area contributed by atoms with Gasteiger partial charge >= 0.3 is 5.97 Å². The molecule has 0 aromatic heterocycles. The van der Waals surface area contributed by atoms with Crippen LogP contribution in [0, 0.1) is 0 Å². The zero-order valence-corrected chi connectivity index (χ0v) is 9.24. The molecule has 2 nitrogen and oxygen atoms in total. The maximum absolute atomic E-state index is 10.8. The van der Waals surface area contributed by atoms with Crippen molar-refractivity contribution in [3.05, 3.63) is 35.9 Å². The van der Waals surface area contributed by atoms with Gasteiger partial charge in [-0.1, -0.05) is 36.8 Å². The van der Waals surface area contributed by atoms with Gasteiger partial charge in [-0.15, -0.1) is 0 Å². The third-order valence-electron chi connectivity index (χ3n) is 2.42. The first-order chi connectivity index (χ1) is 7.33. The number of methoxy groups -OCH3 is 1. The summed E-state index contributed by atoms with van der Waals surface area (Å²) in [5, 5.41) is 0. The summed E-state index contributed by atoms with van der Waals surface area (Å²) < 4.78 is 4.58. The number of benzene rings is 1. The zero-order chi connectivity index (χ0) is 10.9. The first kappa shape index (κ1) is 11.8. The summed E-state index contributed by atoms with van der Waals surface area (Å²) in [6.45, 7) is 0. The molecule has 0 atom stereocenters. The van der Waals surface area contributed by atoms with Gasteiger partial charge in [-0.2, -0.15) is 0 Å². The highest BCUT2D eigenvalue weighted by atomic mass is 16.5. The van der Waals surface area contributed by atoms with E-state index >= 15 is 0 Å². The van der Waals surface area contributed by atoms with Crippen LogP contribution in [0.15, 0.2) is 30.3 Å². The highest BCUT2D eigenvalue weighted by Crippen LogP contribution is 2.07. The summed E-state index contributed by atoms with van der Waals surface area (Å²) in [6.07, 6.45) is 4.80. The van der Waals surface area contributed by atoms with E-state index in [1.807, 2.05) is 6.07 Å². The lowest BCUT2D eigenvalue weighted by atomic mass is 10.1. The van der Waals surface area contributed by atoms with Crippen LogP contribution in [0.4, 0.5) is 0 Å². The molecule has 0 aliphatic heterocycles. The lowest BCUT2D eigenvalue weighted by Gasteiger charge is -2.01. The maximum atomic E-state index is 10.8. The monoisotopic (exact) mass is 206 g/mol. The summed E-state index contributed by atoms with van der Waals surface area (Å²) in [7, 11) is 1.44. The van der Waals surface area contributed by atoms with Crippen LogP contribution in [0.2, 0.25) is 0 Å². The number of hydrogen-bond donors (Lipinski definition) is 0. The molecular formula is C13H18O2. The van der Waals surface area contributed by atoms with E-state index < -0.39 is 0 Å². The van der Waals surface area contributed by atoms with Crippen molar-refractivity contribution in [3.63, 3.8) is 0 Å².